The molecule has 0 aliphatic heterocycles. The molecule has 0 heterocycles. The third kappa shape index (κ3) is 7.26. The van der Waals surface area contributed by atoms with Crippen molar-refractivity contribution in [1.29, 1.82) is 5.26 Å². The first-order valence-corrected chi connectivity index (χ1v) is 9.79. The van der Waals surface area contributed by atoms with Crippen LogP contribution in [0.2, 0.25) is 0 Å². The van der Waals surface area contributed by atoms with E-state index in [4.69, 9.17) is 24.2 Å². The Bertz CT molecular complexity index is 879. The SMILES string of the molecule is COc1cc(C#N)ccc1OCC(O)COC(c1ccccc1)C(OC(C)C)C(=O)O. The maximum absolute atomic E-state index is 11.8. The fourth-order valence-corrected chi connectivity index (χ4v) is 2.86. The molecule has 8 nitrogen and oxygen atoms in total. The summed E-state index contributed by atoms with van der Waals surface area (Å²) in [4.78, 5) is 11.8. The van der Waals surface area contributed by atoms with Crippen LogP contribution in [0.4, 0.5) is 0 Å². The maximum Gasteiger partial charge on any atom is 0.335 e. The summed E-state index contributed by atoms with van der Waals surface area (Å²) in [6, 6.07) is 15.5. The van der Waals surface area contributed by atoms with Gasteiger partial charge in [0.2, 0.25) is 0 Å². The minimum absolute atomic E-state index is 0.119. The molecule has 0 radical (unpaired) electrons. The van der Waals surface area contributed by atoms with Crippen LogP contribution in [0.15, 0.2) is 48.5 Å². The van der Waals surface area contributed by atoms with Crippen molar-refractivity contribution >= 4 is 5.97 Å². The Morgan fingerprint density at radius 1 is 1.10 bits per heavy atom. The molecule has 2 rings (SSSR count). The Balaban J connectivity index is 2.05. The largest absolute Gasteiger partial charge is 0.493 e. The predicted octanol–water partition coefficient (Wildman–Crippen LogP) is 2.94. The van der Waals surface area contributed by atoms with Gasteiger partial charge in [-0.1, -0.05) is 30.3 Å². The molecule has 31 heavy (non-hydrogen) atoms. The number of carboxylic acid groups (broad SMARTS) is 1. The highest BCUT2D eigenvalue weighted by Crippen LogP contribution is 2.28. The Morgan fingerprint density at radius 3 is 2.39 bits per heavy atom. The van der Waals surface area contributed by atoms with Gasteiger partial charge in [-0.3, -0.25) is 0 Å². The van der Waals surface area contributed by atoms with Crippen LogP contribution >= 0.6 is 0 Å². The van der Waals surface area contributed by atoms with Crippen LogP contribution in [0.1, 0.15) is 31.1 Å². The van der Waals surface area contributed by atoms with Gasteiger partial charge in [0, 0.05) is 6.07 Å². The maximum atomic E-state index is 11.8. The van der Waals surface area contributed by atoms with Crippen molar-refractivity contribution in [2.45, 2.75) is 38.3 Å². The molecule has 0 aromatic heterocycles. The third-order valence-corrected chi connectivity index (χ3v) is 4.26. The van der Waals surface area contributed by atoms with Crippen molar-refractivity contribution in [3.63, 3.8) is 0 Å². The molecule has 0 aliphatic carbocycles. The van der Waals surface area contributed by atoms with Gasteiger partial charge in [0.25, 0.3) is 0 Å². The first-order valence-electron chi connectivity index (χ1n) is 9.79. The molecule has 0 spiro atoms. The van der Waals surface area contributed by atoms with Crippen LogP contribution in [-0.2, 0) is 14.3 Å². The highest BCUT2D eigenvalue weighted by Gasteiger charge is 2.32. The zero-order chi connectivity index (χ0) is 22.8. The highest BCUT2D eigenvalue weighted by molar-refractivity contribution is 5.73. The summed E-state index contributed by atoms with van der Waals surface area (Å²) >= 11 is 0. The summed E-state index contributed by atoms with van der Waals surface area (Å²) in [5.41, 5.74) is 1.04. The lowest BCUT2D eigenvalue weighted by Gasteiger charge is -2.27. The van der Waals surface area contributed by atoms with Crippen LogP contribution in [-0.4, -0.2) is 54.8 Å². The van der Waals surface area contributed by atoms with Crippen molar-refractivity contribution in [2.75, 3.05) is 20.3 Å². The highest BCUT2D eigenvalue weighted by atomic mass is 16.6. The number of aliphatic hydroxyl groups is 1. The minimum Gasteiger partial charge on any atom is -0.493 e. The van der Waals surface area contributed by atoms with Gasteiger partial charge in [-0.05, 0) is 31.5 Å². The molecule has 3 atom stereocenters. The lowest BCUT2D eigenvalue weighted by atomic mass is 10.0. The van der Waals surface area contributed by atoms with Crippen molar-refractivity contribution in [3.05, 3.63) is 59.7 Å². The quantitative estimate of drug-likeness (QED) is 0.529. The number of carbonyl (C=O) groups is 1. The number of rotatable bonds is 12. The summed E-state index contributed by atoms with van der Waals surface area (Å²) in [6.45, 7) is 3.19. The van der Waals surface area contributed by atoms with Crippen LogP contribution in [0.5, 0.6) is 11.5 Å². The van der Waals surface area contributed by atoms with Gasteiger partial charge < -0.3 is 29.2 Å². The topological polar surface area (TPSA) is 118 Å². The molecular weight excluding hydrogens is 402 g/mol. The van der Waals surface area contributed by atoms with Gasteiger partial charge in [0.15, 0.2) is 17.6 Å². The summed E-state index contributed by atoms with van der Waals surface area (Å²) in [5.74, 6) is -0.423. The van der Waals surface area contributed by atoms with Crippen molar-refractivity contribution in [1.82, 2.24) is 0 Å². The fraction of sp³-hybridized carbons (Fsp3) is 0.391. The molecule has 0 saturated heterocycles. The van der Waals surface area contributed by atoms with Gasteiger partial charge in [-0.2, -0.15) is 5.26 Å². The second kappa shape index (κ2) is 11.9. The van der Waals surface area contributed by atoms with Crippen LogP contribution in [0.25, 0.3) is 0 Å². The normalized spacial score (nSPS) is 13.8. The molecular formula is C23H27NO7. The van der Waals surface area contributed by atoms with E-state index in [0.29, 0.717) is 22.6 Å². The van der Waals surface area contributed by atoms with E-state index in [1.807, 2.05) is 12.1 Å². The standard InChI is InChI=1S/C23H27NO7/c1-15(2)31-22(23(26)27)21(17-7-5-4-6-8-17)30-14-18(25)13-29-19-10-9-16(12-24)11-20(19)28-3/h4-11,15,18,21-22,25H,13-14H2,1-3H3,(H,26,27). The van der Waals surface area contributed by atoms with Crippen molar-refractivity contribution in [2.24, 2.45) is 0 Å². The number of benzene rings is 2. The van der Waals surface area contributed by atoms with E-state index in [1.54, 1.807) is 50.2 Å². The van der Waals surface area contributed by atoms with E-state index in [0.717, 1.165) is 0 Å². The predicted molar refractivity (Wildman–Crippen MR) is 112 cm³/mol. The lowest BCUT2D eigenvalue weighted by Crippen LogP contribution is -2.36. The first kappa shape index (κ1) is 24.2. The molecule has 8 heteroatoms. The van der Waals surface area contributed by atoms with Crippen LogP contribution < -0.4 is 9.47 Å². The smallest absolute Gasteiger partial charge is 0.335 e. The summed E-state index contributed by atoms with van der Waals surface area (Å²) in [7, 11) is 1.45. The Labute approximate surface area is 181 Å². The van der Waals surface area contributed by atoms with Gasteiger partial charge >= 0.3 is 5.97 Å². The molecule has 2 aromatic carbocycles. The fourth-order valence-electron chi connectivity index (χ4n) is 2.86. The molecule has 2 aromatic rings. The monoisotopic (exact) mass is 429 g/mol. The average molecular weight is 429 g/mol. The Morgan fingerprint density at radius 2 is 1.81 bits per heavy atom. The number of hydrogen-bond donors (Lipinski definition) is 2. The summed E-state index contributed by atoms with van der Waals surface area (Å²) in [5, 5.41) is 29.0. The van der Waals surface area contributed by atoms with E-state index in [1.165, 1.54) is 13.2 Å². The molecule has 0 aliphatic rings. The third-order valence-electron chi connectivity index (χ3n) is 4.26. The van der Waals surface area contributed by atoms with Crippen LogP contribution in [0.3, 0.4) is 0 Å². The lowest BCUT2D eigenvalue weighted by molar-refractivity contribution is -0.170. The molecule has 166 valence electrons. The first-order chi connectivity index (χ1) is 14.8. The van der Waals surface area contributed by atoms with Gasteiger partial charge in [0.05, 0.1) is 31.5 Å². The van der Waals surface area contributed by atoms with Gasteiger partial charge in [-0.15, -0.1) is 0 Å². The van der Waals surface area contributed by atoms with E-state index in [9.17, 15) is 15.0 Å². The van der Waals surface area contributed by atoms with E-state index in [-0.39, 0.29) is 19.3 Å². The van der Waals surface area contributed by atoms with Crippen molar-refractivity contribution < 1.29 is 34.0 Å². The Kier molecular flexibility index (Phi) is 9.28. The Hall–Kier alpha value is -3.12. The van der Waals surface area contributed by atoms with E-state index < -0.39 is 24.3 Å². The molecule has 0 saturated carbocycles. The van der Waals surface area contributed by atoms with Gasteiger partial charge in [-0.25, -0.2) is 4.79 Å². The summed E-state index contributed by atoms with van der Waals surface area (Å²) < 4.78 is 22.1. The molecule has 3 unspecified atom stereocenters. The van der Waals surface area contributed by atoms with Crippen molar-refractivity contribution in [3.8, 4) is 17.6 Å². The zero-order valence-electron chi connectivity index (χ0n) is 17.7. The molecule has 2 N–H and O–H groups in total. The van der Waals surface area contributed by atoms with E-state index in [2.05, 4.69) is 0 Å². The number of nitrogens with zero attached hydrogens (tertiary/aromatic N) is 1. The summed E-state index contributed by atoms with van der Waals surface area (Å²) in [6.07, 6.45) is -3.53. The molecule has 0 bridgehead atoms. The number of hydrogen-bond acceptors (Lipinski definition) is 7. The number of aliphatic hydroxyl groups excluding tert-OH is 1. The number of carboxylic acids is 1. The number of aliphatic carboxylic acids is 1. The number of nitriles is 1. The second-order valence-corrected chi connectivity index (χ2v) is 7.05. The zero-order valence-corrected chi connectivity index (χ0v) is 17.7. The second-order valence-electron chi connectivity index (χ2n) is 7.05. The number of ether oxygens (including phenoxy) is 4. The van der Waals surface area contributed by atoms with E-state index >= 15 is 0 Å². The number of methoxy groups -OCH3 is 1. The average Bonchev–Trinajstić information content (AvgIpc) is 2.77. The molecule has 0 amide bonds. The van der Waals surface area contributed by atoms with Crippen LogP contribution in [0, 0.1) is 11.3 Å². The molecule has 0 fully saturated rings. The van der Waals surface area contributed by atoms with Gasteiger partial charge in [0.1, 0.15) is 18.8 Å². The minimum atomic E-state index is -1.24.